The Labute approximate surface area is 135 Å². The summed E-state index contributed by atoms with van der Waals surface area (Å²) >= 11 is 10.9. The van der Waals surface area contributed by atoms with Gasteiger partial charge in [-0.15, -0.1) is 11.3 Å². The van der Waals surface area contributed by atoms with Crippen LogP contribution in [0.2, 0.25) is 4.34 Å². The number of benzene rings is 1. The van der Waals surface area contributed by atoms with E-state index in [-0.39, 0.29) is 5.91 Å². The lowest BCUT2D eigenvalue weighted by atomic mass is 10.1. The maximum absolute atomic E-state index is 11.1. The van der Waals surface area contributed by atoms with Gasteiger partial charge in [-0.2, -0.15) is 0 Å². The van der Waals surface area contributed by atoms with E-state index < -0.39 is 0 Å². The van der Waals surface area contributed by atoms with E-state index in [2.05, 4.69) is 26.6 Å². The zero-order valence-electron chi connectivity index (χ0n) is 11.1. The minimum atomic E-state index is -0.0702. The molecule has 0 fully saturated rings. The summed E-state index contributed by atoms with van der Waals surface area (Å²) in [6.07, 6.45) is 0. The van der Waals surface area contributed by atoms with Gasteiger partial charge in [-0.25, -0.2) is 0 Å². The lowest BCUT2D eigenvalue weighted by Crippen LogP contribution is -2.07. The molecule has 0 aliphatic rings. The van der Waals surface area contributed by atoms with Crippen LogP contribution in [0.25, 0.3) is 0 Å². The SMILES string of the molecule is CC(=O)Nc1cc(NCc2cc(Br)c(Cl)s2)ccc1C. The fourth-order valence-electron chi connectivity index (χ4n) is 1.72. The molecule has 2 aromatic rings. The van der Waals surface area contributed by atoms with E-state index in [4.69, 9.17) is 11.6 Å². The molecule has 3 nitrogen and oxygen atoms in total. The molecule has 2 N–H and O–H groups in total. The van der Waals surface area contributed by atoms with Gasteiger partial charge in [-0.3, -0.25) is 4.79 Å². The Kier molecular flexibility index (Phi) is 5.07. The van der Waals surface area contributed by atoms with Crippen LogP contribution in [0.4, 0.5) is 11.4 Å². The third-order valence-electron chi connectivity index (χ3n) is 2.71. The molecule has 106 valence electrons. The summed E-state index contributed by atoms with van der Waals surface area (Å²) in [5.74, 6) is -0.0702. The average Bonchev–Trinajstić information content (AvgIpc) is 2.69. The predicted molar refractivity (Wildman–Crippen MR) is 89.8 cm³/mol. The smallest absolute Gasteiger partial charge is 0.221 e. The molecule has 6 heteroatoms. The molecule has 0 aliphatic carbocycles. The molecular weight excluding hydrogens is 360 g/mol. The third-order valence-corrected chi connectivity index (χ3v) is 5.19. The van der Waals surface area contributed by atoms with Crippen molar-refractivity contribution in [3.05, 3.63) is 43.5 Å². The summed E-state index contributed by atoms with van der Waals surface area (Å²) in [6, 6.07) is 7.90. The molecule has 0 saturated carbocycles. The van der Waals surface area contributed by atoms with Crippen molar-refractivity contribution < 1.29 is 4.79 Å². The van der Waals surface area contributed by atoms with Crippen molar-refractivity contribution in [2.45, 2.75) is 20.4 Å². The monoisotopic (exact) mass is 372 g/mol. The van der Waals surface area contributed by atoms with Crippen LogP contribution in [0.1, 0.15) is 17.4 Å². The number of thiophene rings is 1. The predicted octanol–water partition coefficient (Wildman–Crippen LogP) is 5.04. The van der Waals surface area contributed by atoms with Crippen LogP contribution in [-0.2, 0) is 11.3 Å². The van der Waals surface area contributed by atoms with E-state index in [1.807, 2.05) is 31.2 Å². The number of anilines is 2. The number of hydrogen-bond donors (Lipinski definition) is 2. The molecule has 0 aliphatic heterocycles. The van der Waals surface area contributed by atoms with Gasteiger partial charge in [0.05, 0.1) is 0 Å². The fraction of sp³-hybridized carbons (Fsp3) is 0.214. The number of carbonyl (C=O) groups excluding carboxylic acids is 1. The molecule has 0 unspecified atom stereocenters. The van der Waals surface area contributed by atoms with Gasteiger partial charge in [0.15, 0.2) is 0 Å². The Morgan fingerprint density at radius 3 is 2.75 bits per heavy atom. The van der Waals surface area contributed by atoms with Crippen molar-refractivity contribution >= 4 is 56.1 Å². The Morgan fingerprint density at radius 1 is 1.40 bits per heavy atom. The van der Waals surface area contributed by atoms with Crippen molar-refractivity contribution in [2.24, 2.45) is 0 Å². The van der Waals surface area contributed by atoms with Crippen LogP contribution in [0, 0.1) is 6.92 Å². The maximum Gasteiger partial charge on any atom is 0.221 e. The van der Waals surface area contributed by atoms with Crippen molar-refractivity contribution in [2.75, 3.05) is 10.6 Å². The van der Waals surface area contributed by atoms with Crippen LogP contribution < -0.4 is 10.6 Å². The molecule has 1 aromatic heterocycles. The van der Waals surface area contributed by atoms with Crippen molar-refractivity contribution in [1.29, 1.82) is 0 Å². The standard InChI is InChI=1S/C14H14BrClN2OS/c1-8-3-4-10(5-13(8)18-9(2)19)17-7-11-6-12(15)14(16)20-11/h3-6,17H,7H2,1-2H3,(H,18,19). The lowest BCUT2D eigenvalue weighted by molar-refractivity contribution is -0.114. The van der Waals surface area contributed by atoms with Gasteiger partial charge >= 0.3 is 0 Å². The molecular formula is C14H14BrClN2OS. The van der Waals surface area contributed by atoms with E-state index in [0.29, 0.717) is 6.54 Å². The number of nitrogens with one attached hydrogen (secondary N) is 2. The maximum atomic E-state index is 11.1. The number of aryl methyl sites for hydroxylation is 1. The van der Waals surface area contributed by atoms with Gasteiger partial charge in [0.2, 0.25) is 5.91 Å². The van der Waals surface area contributed by atoms with Crippen LogP contribution >= 0.6 is 38.9 Å². The minimum absolute atomic E-state index is 0.0702. The molecule has 0 radical (unpaired) electrons. The number of carbonyl (C=O) groups is 1. The quantitative estimate of drug-likeness (QED) is 0.788. The number of rotatable bonds is 4. The molecule has 0 saturated heterocycles. The molecule has 20 heavy (non-hydrogen) atoms. The summed E-state index contributed by atoms with van der Waals surface area (Å²) in [4.78, 5) is 12.3. The summed E-state index contributed by atoms with van der Waals surface area (Å²) in [6.45, 7) is 4.16. The average molecular weight is 374 g/mol. The van der Waals surface area contributed by atoms with Crippen molar-refractivity contribution in [3.63, 3.8) is 0 Å². The van der Waals surface area contributed by atoms with Gasteiger partial charge in [0.1, 0.15) is 4.34 Å². The summed E-state index contributed by atoms with van der Waals surface area (Å²) < 4.78 is 1.67. The van der Waals surface area contributed by atoms with Gasteiger partial charge in [0.25, 0.3) is 0 Å². The summed E-state index contributed by atoms with van der Waals surface area (Å²) in [5, 5.41) is 6.14. The topological polar surface area (TPSA) is 41.1 Å². The highest BCUT2D eigenvalue weighted by molar-refractivity contribution is 9.10. The van der Waals surface area contributed by atoms with Crippen LogP contribution in [0.5, 0.6) is 0 Å². The number of hydrogen-bond acceptors (Lipinski definition) is 3. The largest absolute Gasteiger partial charge is 0.380 e. The third kappa shape index (κ3) is 3.98. The van der Waals surface area contributed by atoms with Crippen LogP contribution in [0.15, 0.2) is 28.7 Å². The zero-order chi connectivity index (χ0) is 14.7. The second kappa shape index (κ2) is 6.61. The second-order valence-corrected chi connectivity index (χ2v) is 6.99. The Morgan fingerprint density at radius 2 is 2.15 bits per heavy atom. The van der Waals surface area contributed by atoms with Gasteiger partial charge < -0.3 is 10.6 Å². The molecule has 0 spiro atoms. The van der Waals surface area contributed by atoms with E-state index >= 15 is 0 Å². The molecule has 0 atom stereocenters. The number of halogens is 2. The fourth-order valence-corrected chi connectivity index (χ4v) is 3.45. The van der Waals surface area contributed by atoms with Crippen molar-refractivity contribution in [1.82, 2.24) is 0 Å². The molecule has 1 heterocycles. The highest BCUT2D eigenvalue weighted by Crippen LogP contribution is 2.32. The van der Waals surface area contributed by atoms with Gasteiger partial charge in [-0.05, 0) is 46.6 Å². The van der Waals surface area contributed by atoms with E-state index in [1.165, 1.54) is 18.3 Å². The van der Waals surface area contributed by atoms with E-state index in [1.54, 1.807) is 0 Å². The van der Waals surface area contributed by atoms with Crippen molar-refractivity contribution in [3.8, 4) is 0 Å². The van der Waals surface area contributed by atoms with E-state index in [9.17, 15) is 4.79 Å². The first kappa shape index (κ1) is 15.4. The normalized spacial score (nSPS) is 10.4. The molecule has 1 aromatic carbocycles. The second-order valence-electron chi connectivity index (χ2n) is 4.40. The van der Waals surface area contributed by atoms with E-state index in [0.717, 1.165) is 30.6 Å². The first-order chi connectivity index (χ1) is 9.45. The van der Waals surface area contributed by atoms with Gasteiger partial charge in [-0.1, -0.05) is 17.7 Å². The highest BCUT2D eigenvalue weighted by Gasteiger charge is 2.05. The molecule has 2 rings (SSSR count). The Balaban J connectivity index is 2.07. The molecule has 1 amide bonds. The highest BCUT2D eigenvalue weighted by atomic mass is 79.9. The molecule has 0 bridgehead atoms. The summed E-state index contributed by atoms with van der Waals surface area (Å²) in [7, 11) is 0. The Bertz CT molecular complexity index is 623. The van der Waals surface area contributed by atoms with Crippen LogP contribution in [0.3, 0.4) is 0 Å². The van der Waals surface area contributed by atoms with Gasteiger partial charge in [0, 0.05) is 34.2 Å². The summed E-state index contributed by atoms with van der Waals surface area (Å²) in [5.41, 5.74) is 2.82. The first-order valence-electron chi connectivity index (χ1n) is 6.01. The minimum Gasteiger partial charge on any atom is -0.380 e. The lowest BCUT2D eigenvalue weighted by Gasteiger charge is -2.10. The first-order valence-corrected chi connectivity index (χ1v) is 8.00. The number of amides is 1. The van der Waals surface area contributed by atoms with Crippen LogP contribution in [-0.4, -0.2) is 5.91 Å². The Hall–Kier alpha value is -1.04. The zero-order valence-corrected chi connectivity index (χ0v) is 14.2.